The second-order valence-electron chi connectivity index (χ2n) is 3.08. The lowest BCUT2D eigenvalue weighted by Crippen LogP contribution is -1.94. The minimum absolute atomic E-state index is 0.302. The molecule has 5 heteroatoms. The van der Waals surface area contributed by atoms with Gasteiger partial charge in [0.25, 0.3) is 0 Å². The van der Waals surface area contributed by atoms with E-state index in [1.807, 2.05) is 6.07 Å². The number of aromatic nitrogens is 1. The highest BCUT2D eigenvalue weighted by Crippen LogP contribution is 2.20. The average Bonchev–Trinajstić information content (AvgIpc) is 2.75. The van der Waals surface area contributed by atoms with Gasteiger partial charge in [-0.3, -0.25) is 0 Å². The number of hydrogen-bond donors (Lipinski definition) is 1. The van der Waals surface area contributed by atoms with E-state index in [1.165, 1.54) is 11.3 Å². The SMILES string of the molecule is Cc1nc(Cc2ccco2)sc1C(=O)O. The second kappa shape index (κ2) is 3.86. The van der Waals surface area contributed by atoms with Gasteiger partial charge in [0.15, 0.2) is 0 Å². The van der Waals surface area contributed by atoms with Crippen LogP contribution in [0.25, 0.3) is 0 Å². The van der Waals surface area contributed by atoms with Crippen molar-refractivity contribution >= 4 is 17.3 Å². The molecule has 15 heavy (non-hydrogen) atoms. The Hall–Kier alpha value is -1.62. The first-order chi connectivity index (χ1) is 7.16. The van der Waals surface area contributed by atoms with Crippen LogP contribution in [0, 0.1) is 6.92 Å². The third-order valence-corrected chi connectivity index (χ3v) is 3.09. The molecule has 2 aromatic rings. The molecule has 0 saturated heterocycles. The molecule has 0 spiro atoms. The number of furan rings is 1. The summed E-state index contributed by atoms with van der Waals surface area (Å²) < 4.78 is 5.17. The van der Waals surface area contributed by atoms with Crippen molar-refractivity contribution in [2.45, 2.75) is 13.3 Å². The molecule has 0 aromatic carbocycles. The third kappa shape index (κ3) is 2.07. The Kier molecular flexibility index (Phi) is 2.55. The van der Waals surface area contributed by atoms with Crippen LogP contribution in [0.1, 0.15) is 26.1 Å². The number of carboxylic acid groups (broad SMARTS) is 1. The van der Waals surface area contributed by atoms with E-state index >= 15 is 0 Å². The van der Waals surface area contributed by atoms with Crippen molar-refractivity contribution in [3.8, 4) is 0 Å². The van der Waals surface area contributed by atoms with Crippen LogP contribution in [0.4, 0.5) is 0 Å². The number of carboxylic acids is 1. The van der Waals surface area contributed by atoms with Crippen molar-refractivity contribution in [1.82, 2.24) is 4.98 Å². The molecule has 0 aliphatic heterocycles. The van der Waals surface area contributed by atoms with Gasteiger partial charge in [0.05, 0.1) is 18.4 Å². The zero-order chi connectivity index (χ0) is 10.8. The van der Waals surface area contributed by atoms with Gasteiger partial charge < -0.3 is 9.52 Å². The van der Waals surface area contributed by atoms with E-state index in [1.54, 1.807) is 19.3 Å². The highest BCUT2D eigenvalue weighted by Gasteiger charge is 2.14. The third-order valence-electron chi connectivity index (χ3n) is 1.94. The molecule has 2 rings (SSSR count). The molecule has 0 bridgehead atoms. The van der Waals surface area contributed by atoms with Gasteiger partial charge >= 0.3 is 5.97 Å². The van der Waals surface area contributed by atoms with Gasteiger partial charge in [-0.1, -0.05) is 0 Å². The zero-order valence-electron chi connectivity index (χ0n) is 8.06. The highest BCUT2D eigenvalue weighted by molar-refractivity contribution is 7.13. The molecule has 2 heterocycles. The van der Waals surface area contributed by atoms with Crippen LogP contribution in [0.2, 0.25) is 0 Å². The van der Waals surface area contributed by atoms with Crippen molar-refractivity contribution in [1.29, 1.82) is 0 Å². The van der Waals surface area contributed by atoms with Crippen LogP contribution < -0.4 is 0 Å². The average molecular weight is 223 g/mol. The standard InChI is InChI=1S/C10H9NO3S/c1-6-9(10(12)13)15-8(11-6)5-7-3-2-4-14-7/h2-4H,5H2,1H3,(H,12,13). The molecule has 0 aliphatic carbocycles. The Morgan fingerprint density at radius 3 is 3.00 bits per heavy atom. The number of thiazole rings is 1. The molecule has 0 amide bonds. The quantitative estimate of drug-likeness (QED) is 0.867. The van der Waals surface area contributed by atoms with Crippen molar-refractivity contribution in [3.63, 3.8) is 0 Å². The van der Waals surface area contributed by atoms with Crippen LogP contribution in [0.3, 0.4) is 0 Å². The summed E-state index contributed by atoms with van der Waals surface area (Å²) in [7, 11) is 0. The molecule has 0 radical (unpaired) electrons. The number of carbonyl (C=O) groups is 1. The normalized spacial score (nSPS) is 10.5. The molecule has 78 valence electrons. The molecule has 0 saturated carbocycles. The minimum Gasteiger partial charge on any atom is -0.477 e. The molecular formula is C10H9NO3S. The monoisotopic (exact) mass is 223 g/mol. The number of rotatable bonds is 3. The predicted octanol–water partition coefficient (Wildman–Crippen LogP) is 2.33. The fraction of sp³-hybridized carbons (Fsp3) is 0.200. The summed E-state index contributed by atoms with van der Waals surface area (Å²) in [5.41, 5.74) is 0.564. The Bertz CT molecular complexity index is 473. The Morgan fingerprint density at radius 1 is 1.67 bits per heavy atom. The smallest absolute Gasteiger partial charge is 0.347 e. The van der Waals surface area contributed by atoms with E-state index in [0.717, 1.165) is 10.8 Å². The van der Waals surface area contributed by atoms with E-state index in [2.05, 4.69) is 4.98 Å². The molecule has 0 atom stereocenters. The lowest BCUT2D eigenvalue weighted by Gasteiger charge is -1.89. The Balaban J connectivity index is 2.23. The van der Waals surface area contributed by atoms with Crippen LogP contribution in [0.15, 0.2) is 22.8 Å². The number of aryl methyl sites for hydroxylation is 1. The van der Waals surface area contributed by atoms with Gasteiger partial charge in [0.1, 0.15) is 15.6 Å². The van der Waals surface area contributed by atoms with Gasteiger partial charge in [0, 0.05) is 0 Å². The zero-order valence-corrected chi connectivity index (χ0v) is 8.87. The van der Waals surface area contributed by atoms with E-state index < -0.39 is 5.97 Å². The van der Waals surface area contributed by atoms with E-state index in [-0.39, 0.29) is 0 Å². The fourth-order valence-corrected chi connectivity index (χ4v) is 2.20. The first-order valence-corrected chi connectivity index (χ1v) is 5.20. The summed E-state index contributed by atoms with van der Waals surface area (Å²) in [6, 6.07) is 3.64. The lowest BCUT2D eigenvalue weighted by molar-refractivity contribution is 0.0701. The van der Waals surface area contributed by atoms with Crippen molar-refractivity contribution < 1.29 is 14.3 Å². The maximum atomic E-state index is 10.8. The largest absolute Gasteiger partial charge is 0.477 e. The molecule has 2 aromatic heterocycles. The van der Waals surface area contributed by atoms with Gasteiger partial charge in [-0.25, -0.2) is 9.78 Å². The molecular weight excluding hydrogens is 214 g/mol. The van der Waals surface area contributed by atoms with Gasteiger partial charge in [0.2, 0.25) is 0 Å². The minimum atomic E-state index is -0.921. The summed E-state index contributed by atoms with van der Waals surface area (Å²) in [4.78, 5) is 15.3. The van der Waals surface area contributed by atoms with Crippen molar-refractivity contribution in [2.75, 3.05) is 0 Å². The van der Waals surface area contributed by atoms with Crippen LogP contribution in [0.5, 0.6) is 0 Å². The second-order valence-corrected chi connectivity index (χ2v) is 4.17. The van der Waals surface area contributed by atoms with E-state index in [4.69, 9.17) is 9.52 Å². The molecule has 4 nitrogen and oxygen atoms in total. The first kappa shape index (κ1) is 9.92. The topological polar surface area (TPSA) is 63.3 Å². The molecule has 0 aliphatic rings. The lowest BCUT2D eigenvalue weighted by atomic mass is 10.3. The van der Waals surface area contributed by atoms with Gasteiger partial charge in [-0.05, 0) is 19.1 Å². The number of aromatic carboxylic acids is 1. The number of nitrogens with zero attached hydrogens (tertiary/aromatic N) is 1. The maximum absolute atomic E-state index is 10.8. The molecule has 0 unspecified atom stereocenters. The molecule has 1 N–H and O–H groups in total. The summed E-state index contributed by atoms with van der Waals surface area (Å²) in [6.07, 6.45) is 2.14. The van der Waals surface area contributed by atoms with E-state index in [9.17, 15) is 4.79 Å². The van der Waals surface area contributed by atoms with Crippen LogP contribution in [-0.4, -0.2) is 16.1 Å². The fourth-order valence-electron chi connectivity index (χ4n) is 1.29. The van der Waals surface area contributed by atoms with Crippen molar-refractivity contribution in [2.24, 2.45) is 0 Å². The first-order valence-electron chi connectivity index (χ1n) is 4.39. The maximum Gasteiger partial charge on any atom is 0.347 e. The van der Waals surface area contributed by atoms with Crippen molar-refractivity contribution in [3.05, 3.63) is 39.7 Å². The summed E-state index contributed by atoms with van der Waals surface area (Å²) >= 11 is 1.20. The summed E-state index contributed by atoms with van der Waals surface area (Å²) in [5.74, 6) is -0.128. The van der Waals surface area contributed by atoms with Gasteiger partial charge in [-0.2, -0.15) is 0 Å². The summed E-state index contributed by atoms with van der Waals surface area (Å²) in [6.45, 7) is 1.70. The predicted molar refractivity (Wildman–Crippen MR) is 55.3 cm³/mol. The van der Waals surface area contributed by atoms with E-state index in [0.29, 0.717) is 17.0 Å². The van der Waals surface area contributed by atoms with Crippen LogP contribution in [-0.2, 0) is 6.42 Å². The number of hydrogen-bond acceptors (Lipinski definition) is 4. The Morgan fingerprint density at radius 2 is 2.47 bits per heavy atom. The highest BCUT2D eigenvalue weighted by atomic mass is 32.1. The van der Waals surface area contributed by atoms with Crippen LogP contribution >= 0.6 is 11.3 Å². The molecule has 0 fully saturated rings. The Labute approximate surface area is 90.2 Å². The summed E-state index contributed by atoms with van der Waals surface area (Å²) in [5, 5.41) is 9.62. The van der Waals surface area contributed by atoms with Gasteiger partial charge in [-0.15, -0.1) is 11.3 Å².